The average Bonchev–Trinajstić information content (AvgIpc) is 2.57. The summed E-state index contributed by atoms with van der Waals surface area (Å²) >= 11 is 0. The lowest BCUT2D eigenvalue weighted by molar-refractivity contribution is 0.00700. The van der Waals surface area contributed by atoms with Crippen LogP contribution in [0.25, 0.3) is 0 Å². The second-order valence-corrected chi connectivity index (χ2v) is 9.60. The highest BCUT2D eigenvalue weighted by molar-refractivity contribution is 14.0. The van der Waals surface area contributed by atoms with E-state index in [1.807, 2.05) is 20.8 Å². The molecule has 2 N–H and O–H groups in total. The first-order valence-corrected chi connectivity index (χ1v) is 11.0. The van der Waals surface area contributed by atoms with Gasteiger partial charge in [0.1, 0.15) is 5.60 Å². The minimum absolute atomic E-state index is 0. The summed E-state index contributed by atoms with van der Waals surface area (Å²) in [6, 6.07) is 0.653. The summed E-state index contributed by atoms with van der Waals surface area (Å²) in [5.74, 6) is 1.39. The molecule has 2 aliphatic rings. The molecule has 2 saturated heterocycles. The third-order valence-corrected chi connectivity index (χ3v) is 5.43. The number of amides is 1. The van der Waals surface area contributed by atoms with Crippen molar-refractivity contribution in [1.82, 2.24) is 25.3 Å². The van der Waals surface area contributed by atoms with Crippen molar-refractivity contribution in [3.05, 3.63) is 0 Å². The smallest absolute Gasteiger partial charge is 0.410 e. The summed E-state index contributed by atoms with van der Waals surface area (Å²) in [5.41, 5.74) is -0.457. The Morgan fingerprint density at radius 1 is 1.17 bits per heavy atom. The van der Waals surface area contributed by atoms with Crippen LogP contribution in [0.15, 0.2) is 4.99 Å². The molecule has 2 fully saturated rings. The van der Waals surface area contributed by atoms with Gasteiger partial charge in [0.05, 0.1) is 12.6 Å². The molecule has 1 atom stereocenters. The Morgan fingerprint density at radius 2 is 1.77 bits per heavy atom. The molecule has 0 spiro atoms. The number of hydrogen-bond donors (Lipinski definition) is 2. The quantitative estimate of drug-likeness (QED) is 0.307. The van der Waals surface area contributed by atoms with Crippen LogP contribution in [0.2, 0.25) is 0 Å². The lowest BCUT2D eigenvalue weighted by atomic mass is 10.0. The minimum Gasteiger partial charge on any atom is -0.444 e. The lowest BCUT2D eigenvalue weighted by Gasteiger charge is -2.41. The van der Waals surface area contributed by atoms with E-state index in [-0.39, 0.29) is 36.1 Å². The number of ether oxygens (including phenoxy) is 1. The van der Waals surface area contributed by atoms with E-state index in [0.717, 1.165) is 45.2 Å². The summed E-state index contributed by atoms with van der Waals surface area (Å²) < 4.78 is 5.43. The van der Waals surface area contributed by atoms with Crippen LogP contribution in [0.5, 0.6) is 0 Å². The molecule has 0 saturated carbocycles. The molecule has 2 aliphatic heterocycles. The van der Waals surface area contributed by atoms with Crippen molar-refractivity contribution >= 4 is 36.0 Å². The van der Waals surface area contributed by atoms with E-state index in [1.54, 1.807) is 4.90 Å². The normalized spacial score (nSPS) is 20.4. The number of likely N-dealkylation sites (N-methyl/N-ethyl adjacent to an activating group) is 1. The third-order valence-electron chi connectivity index (χ3n) is 5.43. The Hall–Kier alpha value is -0.810. The number of likely N-dealkylation sites (tertiary alicyclic amines) is 1. The molecule has 30 heavy (non-hydrogen) atoms. The fraction of sp³-hybridized carbons (Fsp3) is 0.905. The van der Waals surface area contributed by atoms with Gasteiger partial charge in [0.2, 0.25) is 0 Å². The van der Waals surface area contributed by atoms with Crippen LogP contribution < -0.4 is 10.6 Å². The fourth-order valence-electron chi connectivity index (χ4n) is 3.65. The molecule has 8 nitrogen and oxygen atoms in total. The number of carbonyl (C=O) groups is 1. The second-order valence-electron chi connectivity index (χ2n) is 9.60. The molecule has 0 radical (unpaired) electrons. The molecule has 0 aromatic rings. The summed E-state index contributed by atoms with van der Waals surface area (Å²) in [5, 5.41) is 6.81. The van der Waals surface area contributed by atoms with Gasteiger partial charge in [0.25, 0.3) is 0 Å². The van der Waals surface area contributed by atoms with Crippen LogP contribution in [0.1, 0.15) is 41.5 Å². The van der Waals surface area contributed by atoms with Crippen molar-refractivity contribution < 1.29 is 9.53 Å². The van der Waals surface area contributed by atoms with Gasteiger partial charge in [0.15, 0.2) is 5.96 Å². The summed E-state index contributed by atoms with van der Waals surface area (Å²) in [7, 11) is 2.19. The zero-order valence-electron chi connectivity index (χ0n) is 19.9. The summed E-state index contributed by atoms with van der Waals surface area (Å²) in [4.78, 5) is 23.7. The summed E-state index contributed by atoms with van der Waals surface area (Å²) in [6.07, 6.45) is -0.243. The van der Waals surface area contributed by atoms with Crippen molar-refractivity contribution in [2.24, 2.45) is 10.9 Å². The maximum Gasteiger partial charge on any atom is 0.410 e. The highest BCUT2D eigenvalue weighted by Crippen LogP contribution is 2.16. The first-order valence-electron chi connectivity index (χ1n) is 11.0. The van der Waals surface area contributed by atoms with Crippen molar-refractivity contribution in [3.63, 3.8) is 0 Å². The Morgan fingerprint density at radius 3 is 2.27 bits per heavy atom. The number of carbonyl (C=O) groups excluding carboxylic acids is 1. The molecule has 176 valence electrons. The highest BCUT2D eigenvalue weighted by atomic mass is 127. The molecule has 1 unspecified atom stereocenters. The van der Waals surface area contributed by atoms with E-state index < -0.39 is 5.60 Å². The molecule has 0 bridgehead atoms. The molecule has 0 aromatic carbocycles. The highest BCUT2D eigenvalue weighted by Gasteiger charge is 2.34. The monoisotopic (exact) mass is 538 g/mol. The van der Waals surface area contributed by atoms with E-state index in [9.17, 15) is 4.79 Å². The van der Waals surface area contributed by atoms with Crippen molar-refractivity contribution in [1.29, 1.82) is 0 Å². The SMILES string of the molecule is CCNC(=NCC(C(C)C)N1CCN(C)CC1)NC1CN(C(=O)OC(C)(C)C)C1.I. The predicted octanol–water partition coefficient (Wildman–Crippen LogP) is 2.05. The summed E-state index contributed by atoms with van der Waals surface area (Å²) in [6.45, 7) is 19.6. The van der Waals surface area contributed by atoms with E-state index in [0.29, 0.717) is 25.0 Å². The van der Waals surface area contributed by atoms with E-state index >= 15 is 0 Å². The number of rotatable bonds is 6. The molecule has 1 amide bonds. The second kappa shape index (κ2) is 12.3. The van der Waals surface area contributed by atoms with Crippen molar-refractivity contribution in [2.75, 3.05) is 59.4 Å². The van der Waals surface area contributed by atoms with Crippen LogP contribution in [-0.4, -0.2) is 104 Å². The number of aliphatic imine (C=N–C) groups is 1. The van der Waals surface area contributed by atoms with Gasteiger partial charge in [-0.1, -0.05) is 13.8 Å². The predicted molar refractivity (Wildman–Crippen MR) is 134 cm³/mol. The van der Waals surface area contributed by atoms with Crippen LogP contribution in [0.3, 0.4) is 0 Å². The molecular weight excluding hydrogens is 495 g/mol. The number of piperazine rings is 1. The molecule has 0 aliphatic carbocycles. The number of hydrogen-bond acceptors (Lipinski definition) is 5. The van der Waals surface area contributed by atoms with E-state index in [4.69, 9.17) is 9.73 Å². The van der Waals surface area contributed by atoms with E-state index in [1.165, 1.54) is 0 Å². The standard InChI is InChI=1S/C21H42N6O2.HI/c1-8-22-19(24-17-14-27(15-17)20(28)29-21(4,5)6)23-13-18(16(2)3)26-11-9-25(7)10-12-26;/h16-18H,8-15H2,1-7H3,(H2,22,23,24);1H. The molecular formula is C21H43IN6O2. The van der Waals surface area contributed by atoms with Gasteiger partial charge in [-0.3, -0.25) is 9.89 Å². The van der Waals surface area contributed by atoms with Crippen molar-refractivity contribution in [3.8, 4) is 0 Å². The fourth-order valence-corrected chi connectivity index (χ4v) is 3.65. The third kappa shape index (κ3) is 8.74. The Kier molecular flexibility index (Phi) is 11.1. The Labute approximate surface area is 200 Å². The molecule has 0 aromatic heterocycles. The van der Waals surface area contributed by atoms with Crippen LogP contribution in [0, 0.1) is 5.92 Å². The van der Waals surface area contributed by atoms with Gasteiger partial charge in [-0.25, -0.2) is 4.79 Å². The van der Waals surface area contributed by atoms with Crippen LogP contribution in [-0.2, 0) is 4.74 Å². The molecule has 2 rings (SSSR count). The number of halogens is 1. The maximum absolute atomic E-state index is 12.1. The van der Waals surface area contributed by atoms with E-state index in [2.05, 4.69) is 48.3 Å². The first-order chi connectivity index (χ1) is 13.6. The largest absolute Gasteiger partial charge is 0.444 e. The average molecular weight is 539 g/mol. The van der Waals surface area contributed by atoms with Gasteiger partial charge < -0.3 is 25.2 Å². The zero-order valence-corrected chi connectivity index (χ0v) is 22.2. The minimum atomic E-state index is -0.457. The van der Waals surface area contributed by atoms with Gasteiger partial charge >= 0.3 is 6.09 Å². The van der Waals surface area contributed by atoms with Gasteiger partial charge in [-0.2, -0.15) is 0 Å². The van der Waals surface area contributed by atoms with Crippen LogP contribution >= 0.6 is 24.0 Å². The first kappa shape index (κ1) is 27.2. The van der Waals surface area contributed by atoms with Crippen LogP contribution in [0.4, 0.5) is 4.79 Å². The van der Waals surface area contributed by atoms with Crippen molar-refractivity contribution in [2.45, 2.75) is 59.2 Å². The molecule has 2 heterocycles. The lowest BCUT2D eigenvalue weighted by Crippen LogP contribution is -2.63. The zero-order chi connectivity index (χ0) is 21.6. The number of guanidine groups is 1. The van der Waals surface area contributed by atoms with Gasteiger partial charge in [0, 0.05) is 51.9 Å². The number of nitrogens with one attached hydrogen (secondary N) is 2. The number of nitrogens with zero attached hydrogens (tertiary/aromatic N) is 4. The van der Waals surface area contributed by atoms with Gasteiger partial charge in [-0.15, -0.1) is 24.0 Å². The maximum atomic E-state index is 12.1. The molecule has 9 heteroatoms. The van der Waals surface area contributed by atoms with Gasteiger partial charge in [-0.05, 0) is 40.7 Å². The Balaban J connectivity index is 0.00000450. The Bertz CT molecular complexity index is 552. The topological polar surface area (TPSA) is 72.4 Å².